The van der Waals surface area contributed by atoms with Crippen molar-refractivity contribution in [2.24, 2.45) is 0 Å². The van der Waals surface area contributed by atoms with Crippen LogP contribution in [0.3, 0.4) is 0 Å². The molecule has 0 radical (unpaired) electrons. The summed E-state index contributed by atoms with van der Waals surface area (Å²) < 4.78 is 0. The van der Waals surface area contributed by atoms with Crippen LogP contribution in [0.4, 0.5) is 0 Å². The van der Waals surface area contributed by atoms with Gasteiger partial charge < -0.3 is 9.90 Å². The van der Waals surface area contributed by atoms with Gasteiger partial charge in [-0.1, -0.05) is 23.2 Å². The van der Waals surface area contributed by atoms with Gasteiger partial charge in [0.2, 0.25) is 0 Å². The monoisotopic (exact) mass is 246 g/mol. The van der Waals surface area contributed by atoms with E-state index in [-0.39, 0.29) is 5.56 Å². The first kappa shape index (κ1) is 11.6. The number of halogens is 1. The summed E-state index contributed by atoms with van der Waals surface area (Å²) in [5.74, 6) is -1.25. The Morgan fingerprint density at radius 3 is 2.76 bits per heavy atom. The third-order valence-corrected chi connectivity index (χ3v) is 2.74. The van der Waals surface area contributed by atoms with E-state index >= 15 is 0 Å². The van der Waals surface area contributed by atoms with Crippen molar-refractivity contribution in [1.82, 2.24) is 4.98 Å². The van der Waals surface area contributed by atoms with Gasteiger partial charge in [0.15, 0.2) is 0 Å². The molecule has 0 saturated carbocycles. The number of aromatic nitrogens is 1. The predicted molar refractivity (Wildman–Crippen MR) is 63.8 cm³/mol. The van der Waals surface area contributed by atoms with Gasteiger partial charge in [0.25, 0.3) is 0 Å². The summed E-state index contributed by atoms with van der Waals surface area (Å²) in [6, 6.07) is 7.06. The molecule has 0 fully saturated rings. The largest absolute Gasteiger partial charge is 0.545 e. The van der Waals surface area contributed by atoms with E-state index in [0.717, 1.165) is 11.1 Å². The Labute approximate surface area is 104 Å². The molecule has 0 saturated heterocycles. The highest BCUT2D eigenvalue weighted by atomic mass is 35.5. The second kappa shape index (κ2) is 4.55. The van der Waals surface area contributed by atoms with Gasteiger partial charge in [-0.3, -0.25) is 4.98 Å². The maximum absolute atomic E-state index is 10.8. The Morgan fingerprint density at radius 1 is 1.29 bits per heavy atom. The van der Waals surface area contributed by atoms with Crippen molar-refractivity contribution in [2.75, 3.05) is 0 Å². The van der Waals surface area contributed by atoms with Crippen molar-refractivity contribution >= 4 is 17.6 Å². The highest BCUT2D eigenvalue weighted by Crippen LogP contribution is 2.28. The van der Waals surface area contributed by atoms with E-state index in [1.807, 2.05) is 19.1 Å². The van der Waals surface area contributed by atoms with Crippen molar-refractivity contribution in [1.29, 1.82) is 0 Å². The van der Waals surface area contributed by atoms with E-state index in [4.69, 9.17) is 11.6 Å². The molecule has 3 nitrogen and oxygen atoms in total. The van der Waals surface area contributed by atoms with Crippen LogP contribution in [0, 0.1) is 6.92 Å². The Hall–Kier alpha value is -1.87. The molecule has 1 aromatic carbocycles. The van der Waals surface area contributed by atoms with E-state index in [1.165, 1.54) is 12.3 Å². The van der Waals surface area contributed by atoms with Crippen LogP contribution in [-0.2, 0) is 0 Å². The SMILES string of the molecule is Cc1ccc(Cl)c(-c2cncc(C(=O)[O-])c2)c1. The van der Waals surface area contributed by atoms with Crippen molar-refractivity contribution in [2.45, 2.75) is 6.92 Å². The summed E-state index contributed by atoms with van der Waals surface area (Å²) >= 11 is 6.07. The van der Waals surface area contributed by atoms with Crippen molar-refractivity contribution in [3.05, 3.63) is 52.8 Å². The molecule has 1 aromatic heterocycles. The first-order valence-electron chi connectivity index (χ1n) is 5.01. The molecule has 1 heterocycles. The molecular weight excluding hydrogens is 238 g/mol. The molecule has 0 N–H and O–H groups in total. The average Bonchev–Trinajstić information content (AvgIpc) is 2.32. The van der Waals surface area contributed by atoms with Crippen molar-refractivity contribution in [3.8, 4) is 11.1 Å². The van der Waals surface area contributed by atoms with Crippen LogP contribution in [0.25, 0.3) is 11.1 Å². The Balaban J connectivity index is 2.56. The summed E-state index contributed by atoms with van der Waals surface area (Å²) in [6.45, 7) is 1.94. The minimum Gasteiger partial charge on any atom is -0.545 e. The Bertz CT molecular complexity index is 581. The Morgan fingerprint density at radius 2 is 2.06 bits per heavy atom. The highest BCUT2D eigenvalue weighted by Gasteiger charge is 2.05. The average molecular weight is 247 g/mol. The van der Waals surface area contributed by atoms with Crippen LogP contribution in [0.15, 0.2) is 36.7 Å². The third-order valence-electron chi connectivity index (χ3n) is 2.41. The van der Waals surface area contributed by atoms with Gasteiger partial charge >= 0.3 is 0 Å². The summed E-state index contributed by atoms with van der Waals surface area (Å²) in [7, 11) is 0. The zero-order chi connectivity index (χ0) is 12.4. The van der Waals surface area contributed by atoms with Gasteiger partial charge in [-0.25, -0.2) is 0 Å². The number of pyridine rings is 1. The quantitative estimate of drug-likeness (QED) is 0.815. The van der Waals surface area contributed by atoms with Crippen LogP contribution in [0.5, 0.6) is 0 Å². The summed E-state index contributed by atoms with van der Waals surface area (Å²) in [5.41, 5.74) is 2.52. The first-order valence-corrected chi connectivity index (χ1v) is 5.38. The number of carbonyl (C=O) groups is 1. The second-order valence-electron chi connectivity index (χ2n) is 3.73. The molecule has 0 aliphatic heterocycles. The van der Waals surface area contributed by atoms with E-state index in [0.29, 0.717) is 10.6 Å². The van der Waals surface area contributed by atoms with Gasteiger partial charge in [-0.2, -0.15) is 0 Å². The fourth-order valence-corrected chi connectivity index (χ4v) is 1.79. The maximum Gasteiger partial charge on any atom is 0.0731 e. The van der Waals surface area contributed by atoms with E-state index in [2.05, 4.69) is 4.98 Å². The minimum absolute atomic E-state index is 0.0417. The smallest absolute Gasteiger partial charge is 0.0731 e. The van der Waals surface area contributed by atoms with Crippen molar-refractivity contribution < 1.29 is 9.90 Å². The molecule has 0 amide bonds. The number of hydrogen-bond acceptors (Lipinski definition) is 3. The van der Waals surface area contributed by atoms with Crippen molar-refractivity contribution in [3.63, 3.8) is 0 Å². The minimum atomic E-state index is -1.25. The van der Waals surface area contributed by atoms with E-state index < -0.39 is 5.97 Å². The molecule has 0 spiro atoms. The van der Waals surface area contributed by atoms with Crippen LogP contribution >= 0.6 is 11.6 Å². The van der Waals surface area contributed by atoms with Gasteiger partial charge in [0, 0.05) is 34.1 Å². The third kappa shape index (κ3) is 2.45. The zero-order valence-electron chi connectivity index (χ0n) is 9.11. The molecule has 0 atom stereocenters. The number of hydrogen-bond donors (Lipinski definition) is 0. The number of benzene rings is 1. The molecule has 0 aliphatic rings. The summed E-state index contributed by atoms with van der Waals surface area (Å²) in [4.78, 5) is 14.6. The normalized spacial score (nSPS) is 10.2. The van der Waals surface area contributed by atoms with Gasteiger partial charge in [-0.05, 0) is 25.1 Å². The van der Waals surface area contributed by atoms with Crippen LogP contribution < -0.4 is 5.11 Å². The lowest BCUT2D eigenvalue weighted by Gasteiger charge is -2.08. The zero-order valence-corrected chi connectivity index (χ0v) is 9.86. The van der Waals surface area contributed by atoms with E-state index in [9.17, 15) is 9.90 Å². The molecule has 4 heteroatoms. The number of aromatic carboxylic acids is 1. The molecule has 86 valence electrons. The predicted octanol–water partition coefficient (Wildman–Crippen LogP) is 2.07. The standard InChI is InChI=1S/C13H10ClNO2/c1-8-2-3-12(14)11(4-8)9-5-10(13(16)17)7-15-6-9/h2-7H,1H3,(H,16,17)/p-1. The lowest BCUT2D eigenvalue weighted by molar-refractivity contribution is -0.255. The maximum atomic E-state index is 10.8. The van der Waals surface area contributed by atoms with Gasteiger partial charge in [0.1, 0.15) is 0 Å². The number of nitrogens with zero attached hydrogens (tertiary/aromatic N) is 1. The number of rotatable bonds is 2. The summed E-state index contributed by atoms with van der Waals surface area (Å²) in [5, 5.41) is 11.3. The molecule has 0 aliphatic carbocycles. The van der Waals surface area contributed by atoms with E-state index in [1.54, 1.807) is 12.3 Å². The molecule has 2 rings (SSSR count). The lowest BCUT2D eigenvalue weighted by Crippen LogP contribution is -2.22. The number of carbonyl (C=O) groups excluding carboxylic acids is 1. The topological polar surface area (TPSA) is 53.0 Å². The fraction of sp³-hybridized carbons (Fsp3) is 0.0769. The Kier molecular flexibility index (Phi) is 3.11. The summed E-state index contributed by atoms with van der Waals surface area (Å²) in [6.07, 6.45) is 2.83. The molecule has 0 bridgehead atoms. The second-order valence-corrected chi connectivity index (χ2v) is 4.14. The number of aryl methyl sites for hydroxylation is 1. The number of carboxylic acid groups (broad SMARTS) is 1. The molecule has 0 unspecified atom stereocenters. The lowest BCUT2D eigenvalue weighted by atomic mass is 10.0. The molecule has 2 aromatic rings. The van der Waals surface area contributed by atoms with Gasteiger partial charge in [-0.15, -0.1) is 0 Å². The molecular formula is C13H9ClNO2-. The van der Waals surface area contributed by atoms with Crippen LogP contribution in [0.2, 0.25) is 5.02 Å². The fourth-order valence-electron chi connectivity index (χ4n) is 1.56. The highest BCUT2D eigenvalue weighted by molar-refractivity contribution is 6.33. The number of carboxylic acids is 1. The molecule has 17 heavy (non-hydrogen) atoms. The van der Waals surface area contributed by atoms with Gasteiger partial charge in [0.05, 0.1) is 5.97 Å². The first-order chi connectivity index (χ1) is 8.08. The van der Waals surface area contributed by atoms with Crippen LogP contribution in [-0.4, -0.2) is 11.0 Å². The van der Waals surface area contributed by atoms with Crippen LogP contribution in [0.1, 0.15) is 15.9 Å².